The minimum Gasteiger partial charge on any atom is -0.477 e. The van der Waals surface area contributed by atoms with Gasteiger partial charge in [0, 0.05) is 13.6 Å². The van der Waals surface area contributed by atoms with Crippen molar-refractivity contribution >= 4 is 11.9 Å². The Balaban J connectivity index is 1.47. The zero-order valence-electron chi connectivity index (χ0n) is 13.4. The molecule has 4 fully saturated rings. The first-order chi connectivity index (χ1) is 11.0. The molecule has 6 heteroatoms. The number of nitrogens with one attached hydrogen (secondary N) is 1. The second-order valence-electron chi connectivity index (χ2n) is 7.94. The molecule has 6 nitrogen and oxygen atoms in total. The average molecular weight is 317 g/mol. The summed E-state index contributed by atoms with van der Waals surface area (Å²) < 4.78 is 1.24. The van der Waals surface area contributed by atoms with E-state index in [1.807, 2.05) is 0 Å². The molecule has 0 saturated heterocycles. The lowest BCUT2D eigenvalue weighted by molar-refractivity contribution is -0.0503. The van der Waals surface area contributed by atoms with Crippen molar-refractivity contribution in [3.63, 3.8) is 0 Å². The van der Waals surface area contributed by atoms with Gasteiger partial charge in [0.05, 0.1) is 11.8 Å². The number of aromatic carboxylic acids is 1. The number of aromatic nitrogens is 2. The molecule has 0 aliphatic heterocycles. The Labute approximate surface area is 135 Å². The summed E-state index contributed by atoms with van der Waals surface area (Å²) in [5.74, 6) is 1.08. The van der Waals surface area contributed by atoms with Gasteiger partial charge in [-0.1, -0.05) is 0 Å². The monoisotopic (exact) mass is 317 g/mol. The highest BCUT2D eigenvalue weighted by atomic mass is 16.4. The Morgan fingerprint density at radius 2 is 1.83 bits per heavy atom. The van der Waals surface area contributed by atoms with E-state index in [2.05, 4.69) is 10.4 Å². The third kappa shape index (κ3) is 2.44. The molecule has 124 valence electrons. The molecule has 0 radical (unpaired) electrons. The molecule has 1 heterocycles. The SMILES string of the molecule is Cn1ncc(C(=O)NCC23CC4CC(CC(C4)C2)C3)c1C(=O)O. The summed E-state index contributed by atoms with van der Waals surface area (Å²) >= 11 is 0. The van der Waals surface area contributed by atoms with Crippen LogP contribution in [-0.2, 0) is 7.05 Å². The van der Waals surface area contributed by atoms with Crippen molar-refractivity contribution in [2.24, 2.45) is 30.2 Å². The summed E-state index contributed by atoms with van der Waals surface area (Å²) in [6, 6.07) is 0. The molecule has 0 aromatic carbocycles. The highest BCUT2D eigenvalue weighted by molar-refractivity contribution is 6.03. The molecule has 23 heavy (non-hydrogen) atoms. The Bertz CT molecular complexity index is 629. The van der Waals surface area contributed by atoms with E-state index in [1.165, 1.54) is 49.4 Å². The number of carboxylic acids is 1. The lowest BCUT2D eigenvalue weighted by atomic mass is 9.49. The lowest BCUT2D eigenvalue weighted by Crippen LogP contribution is -2.51. The summed E-state index contributed by atoms with van der Waals surface area (Å²) in [4.78, 5) is 23.7. The highest BCUT2D eigenvalue weighted by Gasteiger charge is 2.50. The molecule has 0 atom stereocenters. The van der Waals surface area contributed by atoms with Gasteiger partial charge in [0.2, 0.25) is 0 Å². The lowest BCUT2D eigenvalue weighted by Gasteiger charge is -2.56. The van der Waals surface area contributed by atoms with Crippen LogP contribution in [0, 0.1) is 23.2 Å². The Kier molecular flexibility index (Phi) is 3.25. The predicted molar refractivity (Wildman–Crippen MR) is 83.1 cm³/mol. The van der Waals surface area contributed by atoms with E-state index in [1.54, 1.807) is 7.05 Å². The molecule has 4 aliphatic carbocycles. The molecule has 1 amide bonds. The molecule has 4 aliphatic rings. The Morgan fingerprint density at radius 1 is 1.26 bits per heavy atom. The third-order valence-electron chi connectivity index (χ3n) is 6.17. The Morgan fingerprint density at radius 3 is 2.35 bits per heavy atom. The van der Waals surface area contributed by atoms with Gasteiger partial charge in [0.1, 0.15) is 0 Å². The molecule has 4 saturated carbocycles. The van der Waals surface area contributed by atoms with E-state index in [4.69, 9.17) is 0 Å². The fourth-order valence-corrected chi connectivity index (χ4v) is 5.73. The molecule has 0 spiro atoms. The Hall–Kier alpha value is -1.85. The maximum Gasteiger partial charge on any atom is 0.354 e. The van der Waals surface area contributed by atoms with Crippen molar-refractivity contribution in [3.8, 4) is 0 Å². The first-order valence-corrected chi connectivity index (χ1v) is 8.49. The number of carbonyl (C=O) groups excluding carboxylic acids is 1. The van der Waals surface area contributed by atoms with Gasteiger partial charge in [-0.3, -0.25) is 9.48 Å². The van der Waals surface area contributed by atoms with Crippen molar-refractivity contribution in [1.82, 2.24) is 15.1 Å². The van der Waals surface area contributed by atoms with Crippen LogP contribution in [-0.4, -0.2) is 33.3 Å². The van der Waals surface area contributed by atoms with Crippen LogP contribution >= 0.6 is 0 Å². The average Bonchev–Trinajstić information content (AvgIpc) is 2.85. The third-order valence-corrected chi connectivity index (χ3v) is 6.17. The minimum atomic E-state index is -1.12. The first-order valence-electron chi connectivity index (χ1n) is 8.49. The van der Waals surface area contributed by atoms with Gasteiger partial charge in [-0.15, -0.1) is 0 Å². The van der Waals surface area contributed by atoms with Gasteiger partial charge >= 0.3 is 5.97 Å². The van der Waals surface area contributed by atoms with Gasteiger partial charge < -0.3 is 10.4 Å². The van der Waals surface area contributed by atoms with Crippen LogP contribution < -0.4 is 5.32 Å². The van der Waals surface area contributed by atoms with E-state index in [9.17, 15) is 14.7 Å². The number of rotatable bonds is 4. The second-order valence-corrected chi connectivity index (χ2v) is 7.94. The molecular formula is C17H23N3O3. The summed E-state index contributed by atoms with van der Waals surface area (Å²) in [6.45, 7) is 0.670. The molecule has 0 unspecified atom stereocenters. The zero-order chi connectivity index (χ0) is 16.2. The molecule has 5 rings (SSSR count). The van der Waals surface area contributed by atoms with Gasteiger partial charge in [0.15, 0.2) is 5.69 Å². The van der Waals surface area contributed by atoms with Crippen molar-refractivity contribution < 1.29 is 14.7 Å². The number of carbonyl (C=O) groups is 2. The van der Waals surface area contributed by atoms with Gasteiger partial charge in [-0.05, 0) is 61.7 Å². The van der Waals surface area contributed by atoms with E-state index < -0.39 is 5.97 Å². The predicted octanol–water partition coefficient (Wildman–Crippen LogP) is 2.06. The van der Waals surface area contributed by atoms with Gasteiger partial charge in [-0.2, -0.15) is 5.10 Å². The van der Waals surface area contributed by atoms with Crippen molar-refractivity contribution in [2.75, 3.05) is 6.54 Å². The quantitative estimate of drug-likeness (QED) is 0.890. The number of hydrogen-bond acceptors (Lipinski definition) is 3. The minimum absolute atomic E-state index is 0.0481. The molecule has 4 bridgehead atoms. The van der Waals surface area contributed by atoms with E-state index in [0.717, 1.165) is 17.8 Å². The summed E-state index contributed by atoms with van der Waals surface area (Å²) in [6.07, 6.45) is 9.13. The highest BCUT2D eigenvalue weighted by Crippen LogP contribution is 2.59. The maximum atomic E-state index is 12.4. The van der Waals surface area contributed by atoms with Crippen LogP contribution in [0.4, 0.5) is 0 Å². The molecule has 1 aromatic heterocycles. The maximum absolute atomic E-state index is 12.4. The number of aryl methyl sites for hydroxylation is 1. The first kappa shape index (κ1) is 14.7. The fourth-order valence-electron chi connectivity index (χ4n) is 5.73. The summed E-state index contributed by atoms with van der Waals surface area (Å²) in [5.41, 5.74) is 0.355. The van der Waals surface area contributed by atoms with E-state index in [-0.39, 0.29) is 22.6 Å². The topological polar surface area (TPSA) is 84.2 Å². The fraction of sp³-hybridized carbons (Fsp3) is 0.706. The van der Waals surface area contributed by atoms with Crippen LogP contribution in [0.3, 0.4) is 0 Å². The summed E-state index contributed by atoms with van der Waals surface area (Å²) in [5, 5.41) is 16.2. The smallest absolute Gasteiger partial charge is 0.354 e. The second kappa shape index (κ2) is 5.08. The summed E-state index contributed by atoms with van der Waals surface area (Å²) in [7, 11) is 1.54. The van der Waals surface area contributed by atoms with Gasteiger partial charge in [-0.25, -0.2) is 4.79 Å². The molecular weight excluding hydrogens is 294 g/mol. The van der Waals surface area contributed by atoms with Crippen molar-refractivity contribution in [3.05, 3.63) is 17.5 Å². The largest absolute Gasteiger partial charge is 0.477 e. The number of nitrogens with zero attached hydrogens (tertiary/aromatic N) is 2. The van der Waals surface area contributed by atoms with Crippen molar-refractivity contribution in [2.45, 2.75) is 38.5 Å². The van der Waals surface area contributed by atoms with Gasteiger partial charge in [0.25, 0.3) is 5.91 Å². The van der Waals surface area contributed by atoms with Crippen LogP contribution in [0.25, 0.3) is 0 Å². The van der Waals surface area contributed by atoms with Crippen LogP contribution in [0.15, 0.2) is 6.20 Å². The van der Waals surface area contributed by atoms with E-state index in [0.29, 0.717) is 6.54 Å². The molecule has 1 aromatic rings. The zero-order valence-corrected chi connectivity index (χ0v) is 13.4. The number of carboxylic acid groups (broad SMARTS) is 1. The number of amides is 1. The van der Waals surface area contributed by atoms with Crippen molar-refractivity contribution in [1.29, 1.82) is 0 Å². The van der Waals surface area contributed by atoms with Crippen LogP contribution in [0.5, 0.6) is 0 Å². The van der Waals surface area contributed by atoms with E-state index >= 15 is 0 Å². The molecule has 2 N–H and O–H groups in total. The normalized spacial score (nSPS) is 34.6. The number of hydrogen-bond donors (Lipinski definition) is 2. The van der Waals surface area contributed by atoms with Crippen LogP contribution in [0.2, 0.25) is 0 Å². The van der Waals surface area contributed by atoms with Crippen LogP contribution in [0.1, 0.15) is 59.4 Å². The standard InChI is InChI=1S/C17H23N3O3/c1-20-14(16(22)23)13(8-19-20)15(21)18-9-17-5-10-2-11(6-17)4-12(3-10)7-17/h8,10-12H,2-7,9H2,1H3,(H,18,21)(H,22,23).